The summed E-state index contributed by atoms with van der Waals surface area (Å²) in [5.74, 6) is 1.30. The topological polar surface area (TPSA) is 43.1 Å². The molecule has 3 heteroatoms. The number of aromatic nitrogens is 1. The SMILES string of the molecule is CCc1nc2cccc(C3CC3C=O)c2o1. The third kappa shape index (κ3) is 1.35. The van der Waals surface area contributed by atoms with Crippen LogP contribution in [0, 0.1) is 5.92 Å². The molecule has 0 saturated heterocycles. The molecule has 1 aromatic carbocycles. The Morgan fingerprint density at radius 2 is 2.44 bits per heavy atom. The maximum absolute atomic E-state index is 10.7. The Balaban J connectivity index is 2.10. The number of hydrogen-bond donors (Lipinski definition) is 0. The van der Waals surface area contributed by atoms with E-state index in [2.05, 4.69) is 4.98 Å². The second-order valence-electron chi connectivity index (χ2n) is 4.30. The molecule has 3 nitrogen and oxygen atoms in total. The number of fused-ring (bicyclic) bond motifs is 1. The molecule has 1 aliphatic carbocycles. The van der Waals surface area contributed by atoms with Gasteiger partial charge in [-0.25, -0.2) is 4.98 Å². The fourth-order valence-corrected chi connectivity index (χ4v) is 2.18. The van der Waals surface area contributed by atoms with Gasteiger partial charge in [0.2, 0.25) is 0 Å². The number of rotatable bonds is 3. The summed E-state index contributed by atoms with van der Waals surface area (Å²) in [5, 5.41) is 0. The number of aldehydes is 1. The van der Waals surface area contributed by atoms with Crippen LogP contribution in [-0.4, -0.2) is 11.3 Å². The van der Waals surface area contributed by atoms with Crippen molar-refractivity contribution in [2.45, 2.75) is 25.7 Å². The number of carbonyl (C=O) groups excluding carboxylic acids is 1. The van der Waals surface area contributed by atoms with Crippen LogP contribution in [0.15, 0.2) is 22.6 Å². The van der Waals surface area contributed by atoms with E-state index in [9.17, 15) is 4.79 Å². The van der Waals surface area contributed by atoms with E-state index in [1.165, 1.54) is 0 Å². The van der Waals surface area contributed by atoms with Gasteiger partial charge in [-0.1, -0.05) is 19.1 Å². The van der Waals surface area contributed by atoms with E-state index in [1.54, 1.807) is 0 Å². The van der Waals surface area contributed by atoms with Crippen molar-refractivity contribution in [1.82, 2.24) is 4.98 Å². The molecule has 0 spiro atoms. The molecular formula is C13H13NO2. The molecule has 0 amide bonds. The molecule has 1 aliphatic rings. The molecule has 1 aromatic heterocycles. The highest BCUT2D eigenvalue weighted by Gasteiger charge is 2.39. The van der Waals surface area contributed by atoms with Gasteiger partial charge in [-0.05, 0) is 18.4 Å². The molecule has 2 atom stereocenters. The summed E-state index contributed by atoms with van der Waals surface area (Å²) in [6, 6.07) is 5.99. The van der Waals surface area contributed by atoms with Crippen LogP contribution in [-0.2, 0) is 11.2 Å². The van der Waals surface area contributed by atoms with E-state index >= 15 is 0 Å². The van der Waals surface area contributed by atoms with Gasteiger partial charge in [0.05, 0.1) is 0 Å². The standard InChI is InChI=1S/C13H13NO2/c1-2-12-14-11-5-3-4-9(13(11)16-12)10-6-8(10)7-15/h3-5,7-8,10H,2,6H2,1H3. The maximum atomic E-state index is 10.7. The van der Waals surface area contributed by atoms with Gasteiger partial charge in [0.25, 0.3) is 0 Å². The van der Waals surface area contributed by atoms with Gasteiger partial charge in [-0.2, -0.15) is 0 Å². The van der Waals surface area contributed by atoms with Crippen LogP contribution in [0.2, 0.25) is 0 Å². The van der Waals surface area contributed by atoms with E-state index in [1.807, 2.05) is 25.1 Å². The van der Waals surface area contributed by atoms with E-state index in [0.29, 0.717) is 5.92 Å². The summed E-state index contributed by atoms with van der Waals surface area (Å²) in [6.45, 7) is 2.02. The molecule has 3 rings (SSSR count). The van der Waals surface area contributed by atoms with E-state index in [-0.39, 0.29) is 5.92 Å². The monoisotopic (exact) mass is 215 g/mol. The van der Waals surface area contributed by atoms with Gasteiger partial charge in [0.1, 0.15) is 11.8 Å². The zero-order chi connectivity index (χ0) is 11.1. The normalized spacial score (nSPS) is 23.6. The van der Waals surface area contributed by atoms with Crippen molar-refractivity contribution >= 4 is 17.4 Å². The van der Waals surface area contributed by atoms with Crippen molar-refractivity contribution in [1.29, 1.82) is 0 Å². The minimum absolute atomic E-state index is 0.181. The zero-order valence-corrected chi connectivity index (χ0v) is 9.14. The molecule has 16 heavy (non-hydrogen) atoms. The average molecular weight is 215 g/mol. The molecule has 0 aliphatic heterocycles. The van der Waals surface area contributed by atoms with Crippen LogP contribution in [0.25, 0.3) is 11.1 Å². The van der Waals surface area contributed by atoms with Gasteiger partial charge < -0.3 is 9.21 Å². The predicted octanol–water partition coefficient (Wildman–Crippen LogP) is 2.69. The first kappa shape index (κ1) is 9.58. The van der Waals surface area contributed by atoms with E-state index < -0.39 is 0 Å². The lowest BCUT2D eigenvalue weighted by Gasteiger charge is -1.97. The number of benzene rings is 1. The van der Waals surface area contributed by atoms with Crippen molar-refractivity contribution in [3.05, 3.63) is 29.7 Å². The molecule has 1 fully saturated rings. The molecule has 0 radical (unpaired) electrons. The Bertz CT molecular complexity index is 544. The van der Waals surface area contributed by atoms with Crippen molar-refractivity contribution < 1.29 is 9.21 Å². The van der Waals surface area contributed by atoms with Crippen LogP contribution >= 0.6 is 0 Å². The summed E-state index contributed by atoms with van der Waals surface area (Å²) in [6.07, 6.45) is 2.79. The van der Waals surface area contributed by atoms with Crippen molar-refractivity contribution in [3.63, 3.8) is 0 Å². The second kappa shape index (κ2) is 3.44. The molecular weight excluding hydrogens is 202 g/mol. The number of nitrogens with zero attached hydrogens (tertiary/aromatic N) is 1. The first-order valence-electron chi connectivity index (χ1n) is 5.67. The maximum Gasteiger partial charge on any atom is 0.195 e. The van der Waals surface area contributed by atoms with Crippen LogP contribution in [0.5, 0.6) is 0 Å². The van der Waals surface area contributed by atoms with Crippen LogP contribution in [0.3, 0.4) is 0 Å². The van der Waals surface area contributed by atoms with E-state index in [0.717, 1.165) is 41.7 Å². The number of oxazole rings is 1. The Labute approximate surface area is 93.5 Å². The number of aryl methyl sites for hydroxylation is 1. The highest BCUT2D eigenvalue weighted by atomic mass is 16.3. The first-order valence-corrected chi connectivity index (χ1v) is 5.67. The van der Waals surface area contributed by atoms with Crippen LogP contribution < -0.4 is 0 Å². The molecule has 0 bridgehead atoms. The summed E-state index contributed by atoms with van der Waals surface area (Å²) in [7, 11) is 0. The fraction of sp³-hybridized carbons (Fsp3) is 0.385. The Hall–Kier alpha value is -1.64. The molecule has 0 N–H and O–H groups in total. The van der Waals surface area contributed by atoms with Gasteiger partial charge in [0, 0.05) is 17.9 Å². The fourth-order valence-electron chi connectivity index (χ4n) is 2.18. The number of carbonyl (C=O) groups is 1. The molecule has 2 aromatic rings. The van der Waals surface area contributed by atoms with Crippen LogP contribution in [0.1, 0.15) is 30.7 Å². The lowest BCUT2D eigenvalue weighted by Crippen LogP contribution is -1.85. The van der Waals surface area contributed by atoms with Crippen molar-refractivity contribution in [3.8, 4) is 0 Å². The third-order valence-electron chi connectivity index (χ3n) is 3.21. The minimum atomic E-state index is 0.181. The van der Waals surface area contributed by atoms with Crippen molar-refractivity contribution in [2.24, 2.45) is 5.92 Å². The molecule has 1 saturated carbocycles. The predicted molar refractivity (Wildman–Crippen MR) is 60.3 cm³/mol. The Morgan fingerprint density at radius 3 is 3.12 bits per heavy atom. The molecule has 2 unspecified atom stereocenters. The van der Waals surface area contributed by atoms with Gasteiger partial charge >= 0.3 is 0 Å². The van der Waals surface area contributed by atoms with Gasteiger partial charge in [-0.15, -0.1) is 0 Å². The first-order chi connectivity index (χ1) is 7.83. The lowest BCUT2D eigenvalue weighted by molar-refractivity contribution is -0.108. The average Bonchev–Trinajstić information content (AvgIpc) is 2.98. The summed E-state index contributed by atoms with van der Waals surface area (Å²) >= 11 is 0. The van der Waals surface area contributed by atoms with Crippen molar-refractivity contribution in [2.75, 3.05) is 0 Å². The summed E-state index contributed by atoms with van der Waals surface area (Å²) in [5.41, 5.74) is 2.92. The molecule has 82 valence electrons. The second-order valence-corrected chi connectivity index (χ2v) is 4.30. The van der Waals surface area contributed by atoms with Crippen LogP contribution in [0.4, 0.5) is 0 Å². The highest BCUT2D eigenvalue weighted by Crippen LogP contribution is 2.48. The van der Waals surface area contributed by atoms with E-state index in [4.69, 9.17) is 4.42 Å². The minimum Gasteiger partial charge on any atom is -0.440 e. The Morgan fingerprint density at radius 1 is 1.56 bits per heavy atom. The highest BCUT2D eigenvalue weighted by molar-refractivity contribution is 5.79. The lowest BCUT2D eigenvalue weighted by atomic mass is 10.1. The van der Waals surface area contributed by atoms with Gasteiger partial charge in [-0.3, -0.25) is 0 Å². The smallest absolute Gasteiger partial charge is 0.195 e. The largest absolute Gasteiger partial charge is 0.440 e. The van der Waals surface area contributed by atoms with Gasteiger partial charge in [0.15, 0.2) is 11.5 Å². The summed E-state index contributed by atoms with van der Waals surface area (Å²) in [4.78, 5) is 15.1. The Kier molecular flexibility index (Phi) is 2.06. The number of hydrogen-bond acceptors (Lipinski definition) is 3. The number of para-hydroxylation sites is 1. The zero-order valence-electron chi connectivity index (χ0n) is 9.14. The third-order valence-corrected chi connectivity index (χ3v) is 3.21. The quantitative estimate of drug-likeness (QED) is 0.739. The molecule has 1 heterocycles. The summed E-state index contributed by atoms with van der Waals surface area (Å²) < 4.78 is 5.72.